The molecule has 0 saturated carbocycles. The van der Waals surface area contributed by atoms with E-state index in [4.69, 9.17) is 4.74 Å². The largest absolute Gasteiger partial charge is 0.378 e. The van der Waals surface area contributed by atoms with Gasteiger partial charge >= 0.3 is 0 Å². The van der Waals surface area contributed by atoms with Gasteiger partial charge in [-0.25, -0.2) is 8.42 Å². The maximum absolute atomic E-state index is 11.4. The van der Waals surface area contributed by atoms with Crippen molar-refractivity contribution in [2.24, 2.45) is 5.92 Å². The van der Waals surface area contributed by atoms with Gasteiger partial charge in [0.15, 0.2) is 9.84 Å². The second-order valence-corrected chi connectivity index (χ2v) is 7.93. The Balaban J connectivity index is 1.71. The zero-order valence-electron chi connectivity index (χ0n) is 11.2. The van der Waals surface area contributed by atoms with Crippen LogP contribution in [0.4, 0.5) is 0 Å². The topological polar surface area (TPSA) is 55.4 Å². The van der Waals surface area contributed by atoms with Crippen LogP contribution in [0.2, 0.25) is 0 Å². The molecule has 2 rings (SSSR count). The highest BCUT2D eigenvalue weighted by atomic mass is 32.2. The number of rotatable bonds is 6. The molecule has 18 heavy (non-hydrogen) atoms. The molecule has 3 atom stereocenters. The number of hydrogen-bond donors (Lipinski definition) is 1. The van der Waals surface area contributed by atoms with Crippen LogP contribution in [0.15, 0.2) is 0 Å². The van der Waals surface area contributed by atoms with Crippen LogP contribution in [0.1, 0.15) is 38.5 Å². The minimum absolute atomic E-state index is 0.358. The normalized spacial score (nSPS) is 32.7. The van der Waals surface area contributed by atoms with E-state index in [0.29, 0.717) is 29.6 Å². The van der Waals surface area contributed by atoms with Crippen LogP contribution in [0, 0.1) is 5.92 Å². The minimum Gasteiger partial charge on any atom is -0.378 e. The van der Waals surface area contributed by atoms with E-state index in [-0.39, 0.29) is 0 Å². The highest BCUT2D eigenvalue weighted by Gasteiger charge is 2.29. The lowest BCUT2D eigenvalue weighted by Crippen LogP contribution is -2.29. The molecule has 3 unspecified atom stereocenters. The molecular formula is C13H25NO3S. The fourth-order valence-corrected chi connectivity index (χ4v) is 4.98. The fourth-order valence-electron chi connectivity index (χ4n) is 3.10. The van der Waals surface area contributed by atoms with Crippen LogP contribution >= 0.6 is 0 Å². The molecule has 0 aromatic carbocycles. The summed E-state index contributed by atoms with van der Waals surface area (Å²) in [6.07, 6.45) is 6.85. The summed E-state index contributed by atoms with van der Waals surface area (Å²) in [4.78, 5) is 0. The molecule has 2 saturated heterocycles. The Bertz CT molecular complexity index is 349. The van der Waals surface area contributed by atoms with Gasteiger partial charge in [0.1, 0.15) is 0 Å². The second-order valence-electron chi connectivity index (χ2n) is 5.70. The Kier molecular flexibility index (Phi) is 5.04. The van der Waals surface area contributed by atoms with Gasteiger partial charge in [0.2, 0.25) is 0 Å². The van der Waals surface area contributed by atoms with Gasteiger partial charge in [0.25, 0.3) is 0 Å². The number of sulfone groups is 1. The van der Waals surface area contributed by atoms with E-state index in [9.17, 15) is 8.42 Å². The SMILES string of the molecule is CNC(CCC1CCCO1)CC1CCS(=O)(=O)C1. The predicted molar refractivity (Wildman–Crippen MR) is 72.4 cm³/mol. The predicted octanol–water partition coefficient (Wildman–Crippen LogP) is 1.36. The van der Waals surface area contributed by atoms with Crippen LogP contribution < -0.4 is 5.32 Å². The molecule has 2 heterocycles. The van der Waals surface area contributed by atoms with Crippen molar-refractivity contribution in [3.63, 3.8) is 0 Å². The summed E-state index contributed by atoms with van der Waals surface area (Å²) in [6, 6.07) is 0.437. The standard InChI is InChI=1S/C13H25NO3S/c1-14-12(4-5-13-3-2-7-17-13)9-11-6-8-18(15,16)10-11/h11-14H,2-10H2,1H3. The highest BCUT2D eigenvalue weighted by Crippen LogP contribution is 2.25. The Labute approximate surface area is 110 Å². The van der Waals surface area contributed by atoms with E-state index in [1.54, 1.807) is 0 Å². The third-order valence-electron chi connectivity index (χ3n) is 4.21. The molecule has 2 aliphatic rings. The maximum atomic E-state index is 11.4. The lowest BCUT2D eigenvalue weighted by Gasteiger charge is -2.20. The van der Waals surface area contributed by atoms with Crippen LogP contribution in [-0.2, 0) is 14.6 Å². The maximum Gasteiger partial charge on any atom is 0.150 e. The van der Waals surface area contributed by atoms with E-state index in [1.807, 2.05) is 7.05 Å². The Hall–Kier alpha value is -0.130. The van der Waals surface area contributed by atoms with E-state index in [2.05, 4.69) is 5.32 Å². The van der Waals surface area contributed by atoms with Crippen molar-refractivity contribution < 1.29 is 13.2 Å². The molecule has 2 fully saturated rings. The van der Waals surface area contributed by atoms with Gasteiger partial charge < -0.3 is 10.1 Å². The van der Waals surface area contributed by atoms with Crippen molar-refractivity contribution in [1.29, 1.82) is 0 Å². The number of ether oxygens (including phenoxy) is 1. The second kappa shape index (κ2) is 6.35. The van der Waals surface area contributed by atoms with Crippen LogP contribution in [0.3, 0.4) is 0 Å². The highest BCUT2D eigenvalue weighted by molar-refractivity contribution is 7.91. The average Bonchev–Trinajstić information content (AvgIpc) is 2.94. The van der Waals surface area contributed by atoms with Crippen molar-refractivity contribution in [2.75, 3.05) is 25.2 Å². The monoisotopic (exact) mass is 275 g/mol. The lowest BCUT2D eigenvalue weighted by atomic mass is 9.95. The smallest absolute Gasteiger partial charge is 0.150 e. The Morgan fingerprint density at radius 3 is 2.78 bits per heavy atom. The van der Waals surface area contributed by atoms with Crippen molar-refractivity contribution in [3.05, 3.63) is 0 Å². The first kappa shape index (κ1) is 14.3. The summed E-state index contributed by atoms with van der Waals surface area (Å²) >= 11 is 0. The molecule has 0 aromatic rings. The molecule has 4 nitrogen and oxygen atoms in total. The van der Waals surface area contributed by atoms with Crippen LogP contribution in [-0.4, -0.2) is 45.7 Å². The number of hydrogen-bond acceptors (Lipinski definition) is 4. The molecule has 1 N–H and O–H groups in total. The molecule has 0 aliphatic carbocycles. The van der Waals surface area contributed by atoms with Crippen molar-refractivity contribution in [1.82, 2.24) is 5.32 Å². The molecule has 5 heteroatoms. The third kappa shape index (κ3) is 4.21. The van der Waals surface area contributed by atoms with Gasteiger partial charge in [0, 0.05) is 12.6 Å². The minimum atomic E-state index is -2.73. The first-order valence-electron chi connectivity index (χ1n) is 7.08. The van der Waals surface area contributed by atoms with Crippen molar-refractivity contribution >= 4 is 9.84 Å². The fraction of sp³-hybridized carbons (Fsp3) is 1.00. The molecule has 0 bridgehead atoms. The van der Waals surface area contributed by atoms with Crippen LogP contribution in [0.5, 0.6) is 0 Å². The van der Waals surface area contributed by atoms with Gasteiger partial charge in [0.05, 0.1) is 17.6 Å². The van der Waals surface area contributed by atoms with Crippen molar-refractivity contribution in [3.8, 4) is 0 Å². The summed E-state index contributed by atoms with van der Waals surface area (Å²) in [5.74, 6) is 1.14. The van der Waals surface area contributed by atoms with Gasteiger partial charge in [-0.2, -0.15) is 0 Å². The first-order chi connectivity index (χ1) is 8.59. The van der Waals surface area contributed by atoms with Gasteiger partial charge in [-0.1, -0.05) is 0 Å². The molecular weight excluding hydrogens is 250 g/mol. The van der Waals surface area contributed by atoms with Gasteiger partial charge in [-0.15, -0.1) is 0 Å². The molecule has 2 aliphatic heterocycles. The quantitative estimate of drug-likeness (QED) is 0.795. The number of nitrogens with one attached hydrogen (secondary N) is 1. The Morgan fingerprint density at radius 2 is 2.22 bits per heavy atom. The summed E-state index contributed by atoms with van der Waals surface area (Å²) in [5.41, 5.74) is 0. The molecule has 0 spiro atoms. The zero-order valence-corrected chi connectivity index (χ0v) is 12.0. The van der Waals surface area contributed by atoms with E-state index < -0.39 is 9.84 Å². The average molecular weight is 275 g/mol. The summed E-state index contributed by atoms with van der Waals surface area (Å²) in [7, 11) is -0.757. The molecule has 0 amide bonds. The molecule has 0 aromatic heterocycles. The van der Waals surface area contributed by atoms with Crippen LogP contribution in [0.25, 0.3) is 0 Å². The lowest BCUT2D eigenvalue weighted by molar-refractivity contribution is 0.0990. The first-order valence-corrected chi connectivity index (χ1v) is 8.90. The van der Waals surface area contributed by atoms with E-state index in [0.717, 1.165) is 32.3 Å². The summed E-state index contributed by atoms with van der Waals surface area (Å²) < 4.78 is 28.5. The summed E-state index contributed by atoms with van der Waals surface area (Å²) in [5, 5.41) is 3.33. The zero-order chi connectivity index (χ0) is 13.0. The third-order valence-corrected chi connectivity index (χ3v) is 6.05. The summed E-state index contributed by atoms with van der Waals surface area (Å²) in [6.45, 7) is 0.912. The van der Waals surface area contributed by atoms with Gasteiger partial charge in [-0.3, -0.25) is 0 Å². The molecule has 106 valence electrons. The van der Waals surface area contributed by atoms with Crippen molar-refractivity contribution in [2.45, 2.75) is 50.7 Å². The van der Waals surface area contributed by atoms with Gasteiger partial charge in [-0.05, 0) is 51.5 Å². The van der Waals surface area contributed by atoms with E-state index >= 15 is 0 Å². The van der Waals surface area contributed by atoms with E-state index in [1.165, 1.54) is 12.8 Å². The molecule has 0 radical (unpaired) electrons. The Morgan fingerprint density at radius 1 is 1.39 bits per heavy atom.